The van der Waals surface area contributed by atoms with Gasteiger partial charge >= 0.3 is 6.09 Å². The average molecular weight is 355 g/mol. The maximum Gasteiger partial charge on any atom is 0.410 e. The number of carbonyl (C=O) groups is 1. The van der Waals surface area contributed by atoms with Crippen LogP contribution in [0, 0.1) is 5.92 Å². The first-order valence-electron chi connectivity index (χ1n) is 8.25. The Balaban J connectivity index is 2.25. The summed E-state index contributed by atoms with van der Waals surface area (Å²) in [4.78, 5) is 14.4. The number of anilines is 1. The Morgan fingerprint density at radius 1 is 1.42 bits per heavy atom. The molecule has 6 heteroatoms. The fraction of sp³-hybridized carbons (Fsp3) is 0.611. The second-order valence-electron chi connectivity index (χ2n) is 7.51. The molecule has 0 aromatic heterocycles. The lowest BCUT2D eigenvalue weighted by molar-refractivity contribution is -0.0812. The van der Waals surface area contributed by atoms with E-state index in [4.69, 9.17) is 26.8 Å². The second kappa shape index (κ2) is 7.19. The number of hydrogen-bond acceptors (Lipinski definition) is 4. The van der Waals surface area contributed by atoms with Crippen LogP contribution >= 0.6 is 11.6 Å². The van der Waals surface area contributed by atoms with Gasteiger partial charge < -0.3 is 15.2 Å². The molecule has 0 saturated carbocycles. The molecular weight excluding hydrogens is 328 g/mol. The summed E-state index contributed by atoms with van der Waals surface area (Å²) in [6, 6.07) is 5.43. The maximum absolute atomic E-state index is 12.6. The van der Waals surface area contributed by atoms with Crippen LogP contribution in [0.25, 0.3) is 0 Å². The number of ether oxygens (including phenoxy) is 2. The highest BCUT2D eigenvalue weighted by Gasteiger charge is 2.37. The van der Waals surface area contributed by atoms with Crippen molar-refractivity contribution in [3.8, 4) is 0 Å². The smallest absolute Gasteiger partial charge is 0.410 e. The summed E-state index contributed by atoms with van der Waals surface area (Å²) in [5.41, 5.74) is 6.84. The number of carbonyl (C=O) groups excluding carboxylic acids is 1. The number of para-hydroxylation sites is 1. The third kappa shape index (κ3) is 4.33. The van der Waals surface area contributed by atoms with E-state index in [1.807, 2.05) is 32.9 Å². The van der Waals surface area contributed by atoms with E-state index in [0.29, 0.717) is 23.9 Å². The summed E-state index contributed by atoms with van der Waals surface area (Å²) in [5, 5.41) is 0.492. The summed E-state index contributed by atoms with van der Waals surface area (Å²) in [6.45, 7) is 10.6. The molecule has 1 aliphatic heterocycles. The van der Waals surface area contributed by atoms with Crippen molar-refractivity contribution in [2.75, 3.05) is 18.9 Å². The normalized spacial score (nSPS) is 21.9. The quantitative estimate of drug-likeness (QED) is 0.806. The highest BCUT2D eigenvalue weighted by molar-refractivity contribution is 6.33. The number of benzene rings is 1. The third-order valence-corrected chi connectivity index (χ3v) is 4.39. The van der Waals surface area contributed by atoms with Crippen molar-refractivity contribution >= 4 is 23.4 Å². The highest BCUT2D eigenvalue weighted by atomic mass is 35.5. The lowest BCUT2D eigenvalue weighted by Crippen LogP contribution is -2.53. The van der Waals surface area contributed by atoms with Gasteiger partial charge in [0.1, 0.15) is 11.7 Å². The average Bonchev–Trinajstić information content (AvgIpc) is 2.47. The van der Waals surface area contributed by atoms with E-state index in [2.05, 4.69) is 13.8 Å². The third-order valence-electron chi connectivity index (χ3n) is 4.06. The molecule has 1 fully saturated rings. The van der Waals surface area contributed by atoms with Crippen LogP contribution in [0.3, 0.4) is 0 Å². The van der Waals surface area contributed by atoms with E-state index in [-0.39, 0.29) is 24.2 Å². The van der Waals surface area contributed by atoms with Gasteiger partial charge in [0.25, 0.3) is 0 Å². The van der Waals surface area contributed by atoms with Crippen molar-refractivity contribution in [1.82, 2.24) is 4.90 Å². The zero-order valence-electron chi connectivity index (χ0n) is 15.0. The van der Waals surface area contributed by atoms with Gasteiger partial charge in [0.2, 0.25) is 0 Å². The Hall–Kier alpha value is -1.46. The van der Waals surface area contributed by atoms with E-state index < -0.39 is 5.60 Å². The molecule has 0 unspecified atom stereocenters. The molecular formula is C18H27ClN2O3. The van der Waals surface area contributed by atoms with Crippen LogP contribution in [0.1, 0.15) is 46.3 Å². The summed E-state index contributed by atoms with van der Waals surface area (Å²) in [7, 11) is 0. The minimum Gasteiger partial charge on any atom is -0.444 e. The number of halogens is 1. The van der Waals surface area contributed by atoms with E-state index in [1.54, 1.807) is 11.0 Å². The first-order chi connectivity index (χ1) is 11.1. The highest BCUT2D eigenvalue weighted by Crippen LogP contribution is 2.34. The molecule has 24 heavy (non-hydrogen) atoms. The molecule has 1 aliphatic rings. The Bertz CT molecular complexity index is 598. The Kier molecular flexibility index (Phi) is 5.66. The van der Waals surface area contributed by atoms with Crippen molar-refractivity contribution < 1.29 is 14.3 Å². The minimum atomic E-state index is -0.540. The van der Waals surface area contributed by atoms with Crippen LogP contribution in [0.5, 0.6) is 0 Å². The largest absolute Gasteiger partial charge is 0.444 e. The predicted octanol–water partition coefficient (Wildman–Crippen LogP) is 4.26. The SMILES string of the molecule is CC(C)[C@@H]1CO[C@H](c2cccc(Cl)c2N)CN1C(=O)OC(C)(C)C. The lowest BCUT2D eigenvalue weighted by atomic mass is 9.98. The molecule has 134 valence electrons. The molecule has 5 nitrogen and oxygen atoms in total. The van der Waals surface area contributed by atoms with Crippen LogP contribution in [0.4, 0.5) is 10.5 Å². The first-order valence-corrected chi connectivity index (χ1v) is 8.63. The van der Waals surface area contributed by atoms with Crippen molar-refractivity contribution in [1.29, 1.82) is 0 Å². The van der Waals surface area contributed by atoms with Crippen molar-refractivity contribution in [3.05, 3.63) is 28.8 Å². The van der Waals surface area contributed by atoms with E-state index >= 15 is 0 Å². The van der Waals surface area contributed by atoms with Gasteiger partial charge in [0, 0.05) is 5.56 Å². The number of rotatable bonds is 2. The Morgan fingerprint density at radius 2 is 2.08 bits per heavy atom. The molecule has 1 amide bonds. The molecule has 2 atom stereocenters. The van der Waals surface area contributed by atoms with Crippen LogP contribution in [-0.2, 0) is 9.47 Å². The van der Waals surface area contributed by atoms with Crippen molar-refractivity contribution in [3.63, 3.8) is 0 Å². The van der Waals surface area contributed by atoms with E-state index in [0.717, 1.165) is 5.56 Å². The molecule has 2 rings (SSSR count). The molecule has 1 aromatic rings. The van der Waals surface area contributed by atoms with E-state index in [9.17, 15) is 4.79 Å². The van der Waals surface area contributed by atoms with Gasteiger partial charge in [-0.1, -0.05) is 37.6 Å². The maximum atomic E-state index is 12.6. The van der Waals surface area contributed by atoms with Crippen molar-refractivity contribution in [2.24, 2.45) is 5.92 Å². The van der Waals surface area contributed by atoms with Gasteiger partial charge in [0.15, 0.2) is 0 Å². The number of amides is 1. The molecule has 1 aromatic carbocycles. The summed E-state index contributed by atoms with van der Waals surface area (Å²) in [5.74, 6) is 0.259. The van der Waals surface area contributed by atoms with E-state index in [1.165, 1.54) is 0 Å². The van der Waals surface area contributed by atoms with Gasteiger partial charge in [-0.25, -0.2) is 4.79 Å². The number of morpholine rings is 1. The summed E-state index contributed by atoms with van der Waals surface area (Å²) < 4.78 is 11.6. The molecule has 2 N–H and O–H groups in total. The molecule has 1 saturated heterocycles. The predicted molar refractivity (Wildman–Crippen MR) is 96.1 cm³/mol. The second-order valence-corrected chi connectivity index (χ2v) is 7.92. The van der Waals surface area contributed by atoms with Crippen molar-refractivity contribution in [2.45, 2.75) is 52.4 Å². The molecule has 0 aliphatic carbocycles. The standard InChI is InChI=1S/C18H27ClN2O3/c1-11(2)14-10-23-15(12-7-6-8-13(19)16(12)20)9-21(14)17(22)24-18(3,4)5/h6-8,11,14-15H,9-10,20H2,1-5H3/t14-,15-/m0/s1. The number of nitrogens with zero attached hydrogens (tertiary/aromatic N) is 1. The Morgan fingerprint density at radius 3 is 2.67 bits per heavy atom. The van der Waals surface area contributed by atoms with Crippen LogP contribution in [-0.4, -0.2) is 35.8 Å². The summed E-state index contributed by atoms with van der Waals surface area (Å²) in [6.07, 6.45) is -0.638. The topological polar surface area (TPSA) is 64.8 Å². The lowest BCUT2D eigenvalue weighted by Gasteiger charge is -2.42. The monoisotopic (exact) mass is 354 g/mol. The van der Waals surface area contributed by atoms with Crippen LogP contribution < -0.4 is 5.73 Å². The number of nitrogen functional groups attached to an aromatic ring is 1. The zero-order valence-corrected chi connectivity index (χ0v) is 15.8. The Labute approximate surface area is 149 Å². The van der Waals surface area contributed by atoms with Gasteiger partial charge in [-0.05, 0) is 32.8 Å². The van der Waals surface area contributed by atoms with Crippen LogP contribution in [0.2, 0.25) is 5.02 Å². The number of nitrogens with two attached hydrogens (primary N) is 1. The molecule has 0 radical (unpaired) electrons. The van der Waals surface area contributed by atoms with Gasteiger partial charge in [-0.15, -0.1) is 0 Å². The summed E-state index contributed by atoms with van der Waals surface area (Å²) >= 11 is 6.11. The number of hydrogen-bond donors (Lipinski definition) is 1. The molecule has 0 bridgehead atoms. The molecule has 0 spiro atoms. The minimum absolute atomic E-state index is 0.0310. The zero-order chi connectivity index (χ0) is 18.1. The van der Waals surface area contributed by atoms with Gasteiger partial charge in [0.05, 0.1) is 29.9 Å². The van der Waals surface area contributed by atoms with Gasteiger partial charge in [-0.3, -0.25) is 4.90 Å². The fourth-order valence-corrected chi connectivity index (χ4v) is 2.96. The van der Waals surface area contributed by atoms with Crippen LogP contribution in [0.15, 0.2) is 18.2 Å². The fourth-order valence-electron chi connectivity index (χ4n) is 2.78. The molecule has 1 heterocycles. The first kappa shape index (κ1) is 18.9. The van der Waals surface area contributed by atoms with Gasteiger partial charge in [-0.2, -0.15) is 0 Å².